The van der Waals surface area contributed by atoms with Gasteiger partial charge in [-0.15, -0.1) is 0 Å². The van der Waals surface area contributed by atoms with E-state index in [9.17, 15) is 0 Å². The van der Waals surface area contributed by atoms with Gasteiger partial charge in [-0.3, -0.25) is 10.8 Å². The van der Waals surface area contributed by atoms with Crippen molar-refractivity contribution in [2.24, 2.45) is 10.8 Å². The zero-order valence-corrected chi connectivity index (χ0v) is 11.0. The quantitative estimate of drug-likeness (QED) is 0.426. The van der Waals surface area contributed by atoms with Gasteiger partial charge in [0.2, 0.25) is 5.71 Å². The number of rotatable bonds is 6. The molecule has 0 saturated heterocycles. The predicted octanol–water partition coefficient (Wildman–Crippen LogP) is 2.09. The third-order valence-electron chi connectivity index (χ3n) is 2.49. The average Bonchev–Trinajstić information content (AvgIpc) is 3.00. The Balaban J connectivity index is 2.10. The molecule has 2 aromatic rings. The lowest BCUT2D eigenvalue weighted by atomic mass is 10.3. The molecule has 0 atom stereocenters. The number of nitrogens with two attached hydrogens (primary N) is 1. The van der Waals surface area contributed by atoms with Crippen LogP contribution in [0.2, 0.25) is 0 Å². The Labute approximate surface area is 121 Å². The maximum absolute atomic E-state index is 8.79. The monoisotopic (exact) mass is 283 g/mol. The predicted molar refractivity (Wildman–Crippen MR) is 78.1 cm³/mol. The molecule has 1 heterocycles. The summed E-state index contributed by atoms with van der Waals surface area (Å²) in [7, 11) is 0. The molecule has 0 bridgehead atoms. The van der Waals surface area contributed by atoms with Crippen molar-refractivity contribution in [1.82, 2.24) is 0 Å². The number of anilines is 1. The van der Waals surface area contributed by atoms with E-state index in [4.69, 9.17) is 25.6 Å². The van der Waals surface area contributed by atoms with Crippen LogP contribution in [-0.2, 0) is 6.61 Å². The van der Waals surface area contributed by atoms with Gasteiger partial charge >= 0.3 is 0 Å². The molecule has 4 N–H and O–H groups in total. The Morgan fingerprint density at radius 3 is 2.86 bits per heavy atom. The maximum atomic E-state index is 8.79. The van der Waals surface area contributed by atoms with E-state index in [1.54, 1.807) is 42.7 Å². The van der Waals surface area contributed by atoms with Crippen LogP contribution in [0.25, 0.3) is 0 Å². The van der Waals surface area contributed by atoms with Gasteiger partial charge in [0, 0.05) is 0 Å². The van der Waals surface area contributed by atoms with E-state index >= 15 is 0 Å². The first-order valence-electron chi connectivity index (χ1n) is 6.03. The molecule has 7 nitrogen and oxygen atoms in total. The smallest absolute Gasteiger partial charge is 0.201 e. The molecule has 7 heteroatoms. The van der Waals surface area contributed by atoms with E-state index in [1.165, 1.54) is 0 Å². The Kier molecular flexibility index (Phi) is 4.56. The summed E-state index contributed by atoms with van der Waals surface area (Å²) in [5, 5.41) is 19.7. The summed E-state index contributed by atoms with van der Waals surface area (Å²) < 4.78 is 10.8. The second-order valence-electron chi connectivity index (χ2n) is 3.96. The lowest BCUT2D eigenvalue weighted by Gasteiger charge is -2.09. The minimum absolute atomic E-state index is 0.198. The van der Waals surface area contributed by atoms with Crippen molar-refractivity contribution in [3.05, 3.63) is 48.4 Å². The van der Waals surface area contributed by atoms with Gasteiger partial charge in [-0.1, -0.05) is 12.1 Å². The number of hydrogen-bond acceptors (Lipinski definition) is 6. The number of para-hydroxylation sites is 2. The largest absolute Gasteiger partial charge is 0.483 e. The summed E-state index contributed by atoms with van der Waals surface area (Å²) in [6.45, 7) is 0.271. The summed E-state index contributed by atoms with van der Waals surface area (Å²) in [6, 6.07) is 12.4. The lowest BCUT2D eigenvalue weighted by molar-refractivity contribution is 0.271. The number of ether oxygens (including phenoxy) is 1. The normalized spacial score (nSPS) is 10.7. The van der Waals surface area contributed by atoms with Gasteiger partial charge in [0.15, 0.2) is 5.84 Å². The number of hydrazone groups is 1. The SMILES string of the molecule is N#C/C(=N\Nc1ccccc1OCc1ccco1)C(=N)N. The van der Waals surface area contributed by atoms with Crippen molar-refractivity contribution in [3.63, 3.8) is 0 Å². The third-order valence-corrected chi connectivity index (χ3v) is 2.49. The number of benzene rings is 1. The first kappa shape index (κ1) is 14.1. The average molecular weight is 283 g/mol. The number of amidine groups is 1. The molecule has 21 heavy (non-hydrogen) atoms. The van der Waals surface area contributed by atoms with E-state index in [2.05, 4.69) is 10.5 Å². The fourth-order valence-electron chi connectivity index (χ4n) is 1.49. The summed E-state index contributed by atoms with van der Waals surface area (Å²) in [5.74, 6) is 0.826. The molecule has 0 unspecified atom stereocenters. The maximum Gasteiger partial charge on any atom is 0.201 e. The highest BCUT2D eigenvalue weighted by molar-refractivity contribution is 6.45. The van der Waals surface area contributed by atoms with Crippen molar-refractivity contribution in [2.45, 2.75) is 6.61 Å². The number of nitrogens with one attached hydrogen (secondary N) is 2. The number of hydrogen-bond donors (Lipinski definition) is 3. The van der Waals surface area contributed by atoms with Crippen molar-refractivity contribution >= 4 is 17.2 Å². The molecule has 0 fully saturated rings. The summed E-state index contributed by atoms with van der Waals surface area (Å²) in [5.41, 5.74) is 8.24. The van der Waals surface area contributed by atoms with Crippen molar-refractivity contribution in [2.75, 3.05) is 5.43 Å². The van der Waals surface area contributed by atoms with Gasteiger partial charge in [-0.25, -0.2) is 0 Å². The first-order valence-corrected chi connectivity index (χ1v) is 6.03. The molecule has 1 aromatic carbocycles. The van der Waals surface area contributed by atoms with Gasteiger partial charge in [0.1, 0.15) is 24.2 Å². The highest BCUT2D eigenvalue weighted by Crippen LogP contribution is 2.24. The van der Waals surface area contributed by atoms with Crippen LogP contribution < -0.4 is 15.9 Å². The lowest BCUT2D eigenvalue weighted by Crippen LogP contribution is -2.21. The summed E-state index contributed by atoms with van der Waals surface area (Å²) >= 11 is 0. The number of furan rings is 1. The Hall–Kier alpha value is -3.27. The minimum Gasteiger partial charge on any atom is -0.483 e. The minimum atomic E-state index is -0.404. The Morgan fingerprint density at radius 2 is 2.19 bits per heavy atom. The van der Waals surface area contributed by atoms with E-state index in [0.29, 0.717) is 17.2 Å². The molecule has 0 aliphatic rings. The number of nitriles is 1. The standard InChI is InChI=1S/C14H13N5O2/c15-8-12(14(16)17)19-18-11-5-1-2-6-13(11)21-9-10-4-3-7-20-10/h1-7,18H,9H2,(H3,16,17)/b19-12+. The molecule has 0 aliphatic heterocycles. The zero-order valence-electron chi connectivity index (χ0n) is 11.0. The van der Waals surface area contributed by atoms with Crippen LogP contribution in [0.3, 0.4) is 0 Å². The molecular weight excluding hydrogens is 270 g/mol. The highest BCUT2D eigenvalue weighted by Gasteiger charge is 2.05. The fourth-order valence-corrected chi connectivity index (χ4v) is 1.49. The van der Waals surface area contributed by atoms with Gasteiger partial charge in [-0.2, -0.15) is 10.4 Å². The van der Waals surface area contributed by atoms with E-state index in [0.717, 1.165) is 0 Å². The summed E-state index contributed by atoms with van der Waals surface area (Å²) in [4.78, 5) is 0. The molecule has 2 rings (SSSR count). The second kappa shape index (κ2) is 6.77. The third kappa shape index (κ3) is 3.84. The molecule has 106 valence electrons. The van der Waals surface area contributed by atoms with Crippen molar-refractivity contribution in [1.29, 1.82) is 10.7 Å². The topological polar surface area (TPSA) is 120 Å². The van der Waals surface area contributed by atoms with Gasteiger partial charge in [-0.05, 0) is 24.3 Å². The van der Waals surface area contributed by atoms with E-state index < -0.39 is 5.84 Å². The van der Waals surface area contributed by atoms with Crippen molar-refractivity contribution < 1.29 is 9.15 Å². The molecule has 0 spiro atoms. The summed E-state index contributed by atoms with van der Waals surface area (Å²) in [6.07, 6.45) is 1.57. The van der Waals surface area contributed by atoms with Crippen molar-refractivity contribution in [3.8, 4) is 11.8 Å². The van der Waals surface area contributed by atoms with Crippen LogP contribution in [0.15, 0.2) is 52.2 Å². The molecule has 0 radical (unpaired) electrons. The van der Waals surface area contributed by atoms with E-state index in [-0.39, 0.29) is 12.3 Å². The molecule has 0 saturated carbocycles. The molecule has 0 aliphatic carbocycles. The van der Waals surface area contributed by atoms with Crippen LogP contribution >= 0.6 is 0 Å². The van der Waals surface area contributed by atoms with E-state index in [1.807, 2.05) is 6.07 Å². The zero-order chi connectivity index (χ0) is 15.1. The van der Waals surface area contributed by atoms with Crippen LogP contribution in [0.4, 0.5) is 5.69 Å². The first-order chi connectivity index (χ1) is 10.2. The molecule has 1 aromatic heterocycles. The Morgan fingerprint density at radius 1 is 1.38 bits per heavy atom. The van der Waals surface area contributed by atoms with Gasteiger partial charge in [0.25, 0.3) is 0 Å². The number of nitrogens with zero attached hydrogens (tertiary/aromatic N) is 2. The fraction of sp³-hybridized carbons (Fsp3) is 0.0714. The van der Waals surface area contributed by atoms with Gasteiger partial charge in [0.05, 0.1) is 12.0 Å². The van der Waals surface area contributed by atoms with Crippen LogP contribution in [0, 0.1) is 16.7 Å². The molecule has 0 amide bonds. The molecular formula is C14H13N5O2. The second-order valence-corrected chi connectivity index (χ2v) is 3.96. The van der Waals surface area contributed by atoms with Crippen LogP contribution in [-0.4, -0.2) is 11.5 Å². The van der Waals surface area contributed by atoms with Gasteiger partial charge < -0.3 is 14.9 Å². The van der Waals surface area contributed by atoms with Crippen LogP contribution in [0.5, 0.6) is 5.75 Å². The highest BCUT2D eigenvalue weighted by atomic mass is 16.5. The van der Waals surface area contributed by atoms with Crippen LogP contribution in [0.1, 0.15) is 5.76 Å². The Bertz CT molecular complexity index is 686.